The van der Waals surface area contributed by atoms with Gasteiger partial charge in [-0.25, -0.2) is 4.39 Å². The summed E-state index contributed by atoms with van der Waals surface area (Å²) >= 11 is 3.25. The first-order valence-electron chi connectivity index (χ1n) is 7.75. The Kier molecular flexibility index (Phi) is 3.84. The number of aryl methyl sites for hydroxylation is 1. The summed E-state index contributed by atoms with van der Waals surface area (Å²) in [5, 5.41) is 18.6. The molecule has 0 atom stereocenters. The van der Waals surface area contributed by atoms with Crippen LogP contribution < -0.4 is 0 Å². The van der Waals surface area contributed by atoms with Crippen LogP contribution in [-0.2, 0) is 24.9 Å². The van der Waals surface area contributed by atoms with Gasteiger partial charge in [0.25, 0.3) is 0 Å². The number of amides is 1. The van der Waals surface area contributed by atoms with Gasteiger partial charge in [0, 0.05) is 30.7 Å². The number of aliphatic hydroxyl groups is 1. The Morgan fingerprint density at radius 1 is 1.40 bits per heavy atom. The molecule has 130 valence electrons. The van der Waals surface area contributed by atoms with Gasteiger partial charge in [0.2, 0.25) is 5.91 Å². The third-order valence-corrected chi connectivity index (χ3v) is 4.99. The van der Waals surface area contributed by atoms with Crippen molar-refractivity contribution in [2.75, 3.05) is 13.2 Å². The predicted molar refractivity (Wildman–Crippen MR) is 92.1 cm³/mol. The van der Waals surface area contributed by atoms with Gasteiger partial charge in [-0.3, -0.25) is 14.2 Å². The summed E-state index contributed by atoms with van der Waals surface area (Å²) in [6.07, 6.45) is 1.82. The van der Waals surface area contributed by atoms with E-state index in [4.69, 9.17) is 5.11 Å². The van der Waals surface area contributed by atoms with Crippen molar-refractivity contribution < 1.29 is 14.3 Å². The van der Waals surface area contributed by atoms with E-state index in [1.165, 1.54) is 0 Å². The third-order valence-electron chi connectivity index (χ3n) is 4.42. The Hall–Kier alpha value is -2.26. The molecule has 1 amide bonds. The standard InChI is InChI=1S/C16H15BrFN5O2/c1-21-3-2-11(19-21)9-6-10(17)15(18)16-14(9)12-7-22(13(25)8-24)4-5-23(12)20-16/h2-3,6,24H,4-5,7-8H2,1H3. The first-order chi connectivity index (χ1) is 12.0. The second-order valence-corrected chi connectivity index (χ2v) is 6.82. The zero-order valence-corrected chi connectivity index (χ0v) is 15.0. The Labute approximate surface area is 150 Å². The minimum Gasteiger partial charge on any atom is -0.387 e. The number of aliphatic hydroxyl groups excluding tert-OH is 1. The lowest BCUT2D eigenvalue weighted by atomic mass is 10.0. The third kappa shape index (κ3) is 2.54. The highest BCUT2D eigenvalue weighted by atomic mass is 79.9. The lowest BCUT2D eigenvalue weighted by molar-refractivity contribution is -0.135. The summed E-state index contributed by atoms with van der Waals surface area (Å²) in [7, 11) is 1.81. The van der Waals surface area contributed by atoms with Crippen molar-refractivity contribution in [2.24, 2.45) is 7.05 Å². The lowest BCUT2D eigenvalue weighted by Crippen LogP contribution is -2.39. The summed E-state index contributed by atoms with van der Waals surface area (Å²) in [6.45, 7) is 0.617. The van der Waals surface area contributed by atoms with Gasteiger partial charge < -0.3 is 10.0 Å². The quantitative estimate of drug-likeness (QED) is 0.700. The zero-order valence-electron chi connectivity index (χ0n) is 13.4. The molecule has 4 rings (SSSR count). The molecule has 0 unspecified atom stereocenters. The van der Waals surface area contributed by atoms with Crippen LogP contribution >= 0.6 is 15.9 Å². The Morgan fingerprint density at radius 3 is 2.88 bits per heavy atom. The van der Waals surface area contributed by atoms with Crippen LogP contribution in [0.15, 0.2) is 22.8 Å². The molecule has 1 aliphatic heterocycles. The van der Waals surface area contributed by atoms with Crippen molar-refractivity contribution in [2.45, 2.75) is 13.1 Å². The van der Waals surface area contributed by atoms with E-state index >= 15 is 0 Å². The minimum absolute atomic E-state index is 0.253. The van der Waals surface area contributed by atoms with Gasteiger partial charge in [-0.15, -0.1) is 0 Å². The molecular weight excluding hydrogens is 393 g/mol. The average molecular weight is 408 g/mol. The molecule has 0 saturated heterocycles. The fourth-order valence-electron chi connectivity index (χ4n) is 3.20. The van der Waals surface area contributed by atoms with Gasteiger partial charge in [0.15, 0.2) is 5.82 Å². The molecule has 2 aromatic heterocycles. The molecule has 7 nitrogen and oxygen atoms in total. The largest absolute Gasteiger partial charge is 0.387 e. The monoisotopic (exact) mass is 407 g/mol. The van der Waals surface area contributed by atoms with Crippen LogP contribution in [0, 0.1) is 5.82 Å². The first-order valence-corrected chi connectivity index (χ1v) is 8.55. The number of hydrogen-bond donors (Lipinski definition) is 1. The number of aromatic nitrogens is 4. The number of benzene rings is 1. The van der Waals surface area contributed by atoms with Gasteiger partial charge >= 0.3 is 0 Å². The van der Waals surface area contributed by atoms with Gasteiger partial charge in [-0.05, 0) is 28.1 Å². The number of carbonyl (C=O) groups excluding carboxylic acids is 1. The molecule has 0 saturated carbocycles. The second-order valence-electron chi connectivity index (χ2n) is 5.96. The molecule has 9 heteroatoms. The maximum atomic E-state index is 14.6. The molecule has 0 radical (unpaired) electrons. The number of nitrogens with zero attached hydrogens (tertiary/aromatic N) is 5. The van der Waals surface area contributed by atoms with Gasteiger partial charge in [0.05, 0.1) is 29.0 Å². The molecule has 0 aliphatic carbocycles. The van der Waals surface area contributed by atoms with Crippen LogP contribution in [0.5, 0.6) is 0 Å². The first kappa shape index (κ1) is 16.2. The van der Waals surface area contributed by atoms with Crippen LogP contribution in [0.25, 0.3) is 22.2 Å². The molecule has 3 heterocycles. The van der Waals surface area contributed by atoms with Crippen molar-refractivity contribution in [1.29, 1.82) is 0 Å². The summed E-state index contributed by atoms with van der Waals surface area (Å²) in [6, 6.07) is 3.54. The van der Waals surface area contributed by atoms with Crippen molar-refractivity contribution in [3.05, 3.63) is 34.3 Å². The number of hydrogen-bond acceptors (Lipinski definition) is 4. The Morgan fingerprint density at radius 2 is 2.20 bits per heavy atom. The number of rotatable bonds is 2. The van der Waals surface area contributed by atoms with E-state index in [0.717, 1.165) is 11.3 Å². The molecule has 3 aromatic rings. The molecule has 1 N–H and O–H groups in total. The topological polar surface area (TPSA) is 76.2 Å². The van der Waals surface area contributed by atoms with Crippen molar-refractivity contribution >= 4 is 32.7 Å². The predicted octanol–water partition coefficient (Wildman–Crippen LogP) is 1.67. The number of fused-ring (bicyclic) bond motifs is 3. The van der Waals surface area contributed by atoms with E-state index in [1.807, 2.05) is 19.3 Å². The van der Waals surface area contributed by atoms with Crippen LogP contribution in [-0.4, -0.2) is 48.6 Å². The molecule has 0 fully saturated rings. The number of carbonyl (C=O) groups is 1. The fraction of sp³-hybridized carbons (Fsp3) is 0.312. The molecule has 0 bridgehead atoms. The van der Waals surface area contributed by atoms with E-state index in [2.05, 4.69) is 26.1 Å². The summed E-state index contributed by atoms with van der Waals surface area (Å²) in [5.41, 5.74) is 2.46. The van der Waals surface area contributed by atoms with Crippen molar-refractivity contribution in [1.82, 2.24) is 24.5 Å². The van der Waals surface area contributed by atoms with E-state index < -0.39 is 12.4 Å². The summed E-state index contributed by atoms with van der Waals surface area (Å²) in [5.74, 6) is -0.783. The molecule has 25 heavy (non-hydrogen) atoms. The molecule has 0 spiro atoms. The van der Waals surface area contributed by atoms with Crippen molar-refractivity contribution in [3.8, 4) is 11.3 Å². The van der Waals surface area contributed by atoms with Crippen LogP contribution in [0.4, 0.5) is 4.39 Å². The molecule has 1 aromatic carbocycles. The Bertz CT molecular complexity index is 996. The van der Waals surface area contributed by atoms with Gasteiger partial charge in [-0.2, -0.15) is 10.2 Å². The highest BCUT2D eigenvalue weighted by Gasteiger charge is 2.27. The minimum atomic E-state index is -0.543. The van der Waals surface area contributed by atoms with Gasteiger partial charge in [0.1, 0.15) is 12.1 Å². The normalized spacial score (nSPS) is 14.2. The SMILES string of the molecule is Cn1ccc(-c2cc(Br)c(F)c3nn4c(c23)CN(C(=O)CO)CC4)n1. The smallest absolute Gasteiger partial charge is 0.248 e. The van der Waals surface area contributed by atoms with E-state index in [1.54, 1.807) is 20.3 Å². The van der Waals surface area contributed by atoms with Crippen molar-refractivity contribution in [3.63, 3.8) is 0 Å². The summed E-state index contributed by atoms with van der Waals surface area (Å²) < 4.78 is 18.4. The fourth-order valence-corrected chi connectivity index (χ4v) is 3.62. The highest BCUT2D eigenvalue weighted by molar-refractivity contribution is 9.10. The summed E-state index contributed by atoms with van der Waals surface area (Å²) in [4.78, 5) is 13.4. The maximum Gasteiger partial charge on any atom is 0.248 e. The van der Waals surface area contributed by atoms with E-state index in [-0.39, 0.29) is 18.0 Å². The van der Waals surface area contributed by atoms with Crippen LogP contribution in [0.1, 0.15) is 5.69 Å². The Balaban J connectivity index is 1.96. The average Bonchev–Trinajstić information content (AvgIpc) is 3.20. The zero-order chi connectivity index (χ0) is 17.7. The van der Waals surface area contributed by atoms with Gasteiger partial charge in [-0.1, -0.05) is 0 Å². The highest BCUT2D eigenvalue weighted by Crippen LogP contribution is 2.37. The second kappa shape index (κ2) is 5.92. The van der Waals surface area contributed by atoms with E-state index in [0.29, 0.717) is 28.6 Å². The van der Waals surface area contributed by atoms with E-state index in [9.17, 15) is 9.18 Å². The maximum absolute atomic E-state index is 14.6. The van der Waals surface area contributed by atoms with Crippen LogP contribution in [0.3, 0.4) is 0 Å². The number of halogens is 2. The molecular formula is C16H15BrFN5O2. The molecule has 1 aliphatic rings. The lowest BCUT2D eigenvalue weighted by Gasteiger charge is -2.27. The van der Waals surface area contributed by atoms with Crippen LogP contribution in [0.2, 0.25) is 0 Å².